The number of hydrogen-bond donors (Lipinski definition) is 1. The van der Waals surface area contributed by atoms with Crippen LogP contribution in [0.5, 0.6) is 11.5 Å². The van der Waals surface area contributed by atoms with E-state index in [1.165, 1.54) is 12.0 Å². The minimum atomic E-state index is -0.810. The number of hydrogen-bond acceptors (Lipinski definition) is 5. The SMILES string of the molecule is COc1ccc(N2C(=O)[C@@H](CC(=O)Nc3ccccc3OC)N(Cc3ccccc3Cl)C2=S)cc1. The van der Waals surface area contributed by atoms with Crippen LogP contribution >= 0.6 is 23.8 Å². The number of ether oxygens (including phenoxy) is 2. The van der Waals surface area contributed by atoms with Gasteiger partial charge in [0, 0.05) is 11.6 Å². The molecule has 2 amide bonds. The molecule has 0 saturated carbocycles. The number of carbonyl (C=O) groups is 2. The molecule has 3 aromatic carbocycles. The van der Waals surface area contributed by atoms with Crippen LogP contribution in [0.15, 0.2) is 72.8 Å². The van der Waals surface area contributed by atoms with Crippen LogP contribution in [-0.2, 0) is 16.1 Å². The number of amides is 2. The highest BCUT2D eigenvalue weighted by molar-refractivity contribution is 7.80. The van der Waals surface area contributed by atoms with E-state index in [0.717, 1.165) is 5.56 Å². The fraction of sp³-hybridized carbons (Fsp3) is 0.192. The number of benzene rings is 3. The zero-order chi connectivity index (χ0) is 24.9. The van der Waals surface area contributed by atoms with E-state index in [2.05, 4.69) is 5.32 Å². The van der Waals surface area contributed by atoms with E-state index in [9.17, 15) is 9.59 Å². The Balaban J connectivity index is 1.62. The van der Waals surface area contributed by atoms with Crippen molar-refractivity contribution in [2.45, 2.75) is 19.0 Å². The molecule has 0 bridgehead atoms. The van der Waals surface area contributed by atoms with Gasteiger partial charge in [-0.1, -0.05) is 41.9 Å². The molecule has 0 spiro atoms. The lowest BCUT2D eigenvalue weighted by Crippen LogP contribution is -2.37. The standard InChI is InChI=1S/C26H24ClN3O4S/c1-33-19-13-11-18(12-14-19)30-25(32)22(15-24(31)28-21-9-5-6-10-23(21)34-2)29(26(30)35)16-17-7-3-4-8-20(17)27/h3-14,22H,15-16H2,1-2H3,(H,28,31)/t22-/m1/s1. The largest absolute Gasteiger partial charge is 0.497 e. The number of halogens is 1. The molecule has 1 fully saturated rings. The van der Waals surface area contributed by atoms with Gasteiger partial charge in [-0.05, 0) is 60.2 Å². The molecule has 1 aliphatic rings. The van der Waals surface area contributed by atoms with Gasteiger partial charge in [0.1, 0.15) is 17.5 Å². The van der Waals surface area contributed by atoms with Crippen LogP contribution in [0, 0.1) is 0 Å². The van der Waals surface area contributed by atoms with Crippen molar-refractivity contribution in [1.82, 2.24) is 4.90 Å². The van der Waals surface area contributed by atoms with E-state index in [-0.39, 0.29) is 24.8 Å². The maximum absolute atomic E-state index is 13.6. The molecule has 3 aromatic rings. The molecule has 0 radical (unpaired) electrons. The smallest absolute Gasteiger partial charge is 0.256 e. The molecule has 1 N–H and O–H groups in total. The molecule has 9 heteroatoms. The Hall–Kier alpha value is -3.62. The summed E-state index contributed by atoms with van der Waals surface area (Å²) in [6.07, 6.45) is -0.103. The molecule has 180 valence electrons. The van der Waals surface area contributed by atoms with Crippen molar-refractivity contribution in [2.75, 3.05) is 24.4 Å². The van der Waals surface area contributed by atoms with Gasteiger partial charge in [0.15, 0.2) is 5.11 Å². The first-order chi connectivity index (χ1) is 16.9. The van der Waals surface area contributed by atoms with Gasteiger partial charge < -0.3 is 19.7 Å². The third-order valence-corrected chi connectivity index (χ3v) is 6.49. The Morgan fingerprint density at radius 1 is 1.00 bits per heavy atom. The molecule has 0 aliphatic carbocycles. The minimum absolute atomic E-state index is 0.103. The topological polar surface area (TPSA) is 71.1 Å². The van der Waals surface area contributed by atoms with Gasteiger partial charge in [-0.25, -0.2) is 0 Å². The average molecular weight is 510 g/mol. The summed E-state index contributed by atoms with van der Waals surface area (Å²) in [7, 11) is 3.10. The fourth-order valence-corrected chi connectivity index (χ4v) is 4.50. The van der Waals surface area contributed by atoms with Gasteiger partial charge in [-0.3, -0.25) is 14.5 Å². The lowest BCUT2D eigenvalue weighted by atomic mass is 10.1. The number of anilines is 2. The van der Waals surface area contributed by atoms with Gasteiger partial charge in [-0.15, -0.1) is 0 Å². The monoisotopic (exact) mass is 509 g/mol. The van der Waals surface area contributed by atoms with Gasteiger partial charge in [0.25, 0.3) is 5.91 Å². The van der Waals surface area contributed by atoms with Crippen molar-refractivity contribution < 1.29 is 19.1 Å². The number of nitrogens with zero attached hydrogens (tertiary/aromatic N) is 2. The van der Waals surface area contributed by atoms with Crippen molar-refractivity contribution in [2.24, 2.45) is 0 Å². The van der Waals surface area contributed by atoms with E-state index < -0.39 is 6.04 Å². The highest BCUT2D eigenvalue weighted by Crippen LogP contribution is 2.31. The van der Waals surface area contributed by atoms with Gasteiger partial charge in [-0.2, -0.15) is 0 Å². The molecular weight excluding hydrogens is 486 g/mol. The number of methoxy groups -OCH3 is 2. The predicted octanol–water partition coefficient (Wildman–Crippen LogP) is 4.89. The predicted molar refractivity (Wildman–Crippen MR) is 140 cm³/mol. The number of nitrogens with one attached hydrogen (secondary N) is 1. The second-order valence-electron chi connectivity index (χ2n) is 7.84. The lowest BCUT2D eigenvalue weighted by molar-refractivity contribution is -0.124. The molecule has 7 nitrogen and oxygen atoms in total. The minimum Gasteiger partial charge on any atom is -0.497 e. The Morgan fingerprint density at radius 3 is 2.37 bits per heavy atom. The Kier molecular flexibility index (Phi) is 7.53. The van der Waals surface area contributed by atoms with Crippen LogP contribution in [0.3, 0.4) is 0 Å². The summed E-state index contributed by atoms with van der Waals surface area (Å²) in [6, 6.07) is 20.7. The molecule has 0 aromatic heterocycles. The normalized spacial score (nSPS) is 15.3. The summed E-state index contributed by atoms with van der Waals surface area (Å²) >= 11 is 12.1. The van der Waals surface area contributed by atoms with Gasteiger partial charge in [0.05, 0.1) is 32.0 Å². The van der Waals surface area contributed by atoms with Crippen molar-refractivity contribution >= 4 is 52.1 Å². The van der Waals surface area contributed by atoms with E-state index >= 15 is 0 Å². The Morgan fingerprint density at radius 2 is 1.69 bits per heavy atom. The number of carbonyl (C=O) groups excluding carboxylic acids is 2. The summed E-state index contributed by atoms with van der Waals surface area (Å²) < 4.78 is 10.5. The second kappa shape index (κ2) is 10.8. The molecule has 1 aliphatic heterocycles. The molecule has 1 atom stereocenters. The summed E-state index contributed by atoms with van der Waals surface area (Å²) in [5.74, 6) is 0.563. The van der Waals surface area contributed by atoms with Crippen LogP contribution in [0.2, 0.25) is 5.02 Å². The summed E-state index contributed by atoms with van der Waals surface area (Å²) in [5.41, 5.74) is 1.92. The summed E-state index contributed by atoms with van der Waals surface area (Å²) in [6.45, 7) is 0.281. The van der Waals surface area contributed by atoms with Crippen LogP contribution in [0.4, 0.5) is 11.4 Å². The van der Waals surface area contributed by atoms with Crippen LogP contribution in [0.1, 0.15) is 12.0 Å². The van der Waals surface area contributed by atoms with Crippen molar-refractivity contribution in [1.29, 1.82) is 0 Å². The molecule has 1 heterocycles. The highest BCUT2D eigenvalue weighted by Gasteiger charge is 2.44. The zero-order valence-corrected chi connectivity index (χ0v) is 20.8. The Bertz CT molecular complexity index is 1250. The maximum Gasteiger partial charge on any atom is 0.256 e. The van der Waals surface area contributed by atoms with Gasteiger partial charge >= 0.3 is 0 Å². The first-order valence-corrected chi connectivity index (χ1v) is 11.7. The fourth-order valence-electron chi connectivity index (χ4n) is 3.92. The van der Waals surface area contributed by atoms with E-state index in [1.54, 1.807) is 60.5 Å². The van der Waals surface area contributed by atoms with Crippen LogP contribution < -0.4 is 19.7 Å². The summed E-state index contributed by atoms with van der Waals surface area (Å²) in [5, 5.41) is 3.70. The molecule has 4 rings (SSSR count). The van der Waals surface area contributed by atoms with Crippen molar-refractivity contribution in [3.8, 4) is 11.5 Å². The second-order valence-corrected chi connectivity index (χ2v) is 8.61. The number of para-hydroxylation sites is 2. The number of rotatable bonds is 8. The first kappa shape index (κ1) is 24.5. The number of thiocarbonyl (C=S) groups is 1. The third kappa shape index (κ3) is 5.23. The zero-order valence-electron chi connectivity index (χ0n) is 19.2. The average Bonchev–Trinajstić information content (AvgIpc) is 3.09. The molecular formula is C26H24ClN3O4S. The van der Waals surface area contributed by atoms with E-state index in [4.69, 9.17) is 33.3 Å². The molecule has 0 unspecified atom stereocenters. The highest BCUT2D eigenvalue weighted by atomic mass is 35.5. The van der Waals surface area contributed by atoms with E-state index in [0.29, 0.717) is 33.0 Å². The Labute approximate surface area is 214 Å². The third-order valence-electron chi connectivity index (χ3n) is 5.71. The van der Waals surface area contributed by atoms with E-state index in [1.807, 2.05) is 24.3 Å². The van der Waals surface area contributed by atoms with Crippen LogP contribution in [-0.4, -0.2) is 42.1 Å². The van der Waals surface area contributed by atoms with Gasteiger partial charge in [0.2, 0.25) is 5.91 Å². The summed E-state index contributed by atoms with van der Waals surface area (Å²) in [4.78, 5) is 29.8. The molecule has 35 heavy (non-hydrogen) atoms. The molecule has 1 saturated heterocycles. The van der Waals surface area contributed by atoms with Crippen molar-refractivity contribution in [3.63, 3.8) is 0 Å². The van der Waals surface area contributed by atoms with Crippen molar-refractivity contribution in [3.05, 3.63) is 83.4 Å². The first-order valence-electron chi connectivity index (χ1n) is 10.9. The van der Waals surface area contributed by atoms with Crippen LogP contribution in [0.25, 0.3) is 0 Å². The quantitative estimate of drug-likeness (QED) is 0.436. The lowest BCUT2D eigenvalue weighted by Gasteiger charge is -2.24. The maximum atomic E-state index is 13.6.